The zero-order valence-corrected chi connectivity index (χ0v) is 7.17. The van der Waals surface area contributed by atoms with Gasteiger partial charge in [0.1, 0.15) is 0 Å². The number of carbonyl (C=O) groups excluding carboxylic acids is 1. The van der Waals surface area contributed by atoms with Gasteiger partial charge in [0, 0.05) is 0 Å². The van der Waals surface area contributed by atoms with Crippen molar-refractivity contribution in [3.05, 3.63) is 22.4 Å². The molecule has 0 spiro atoms. The fourth-order valence-corrected chi connectivity index (χ4v) is 1.29. The minimum atomic E-state index is -0.243. The highest BCUT2D eigenvalue weighted by molar-refractivity contribution is 7.80. The average molecular weight is 186 g/mol. The molecule has 0 aromatic carbocycles. The minimum absolute atomic E-state index is 0.00315. The van der Waals surface area contributed by atoms with Gasteiger partial charge in [-0.1, -0.05) is 6.07 Å². The van der Waals surface area contributed by atoms with Crippen molar-refractivity contribution in [3.8, 4) is 0 Å². The normalized spacial score (nSPS) is 9.09. The third-order valence-corrected chi connectivity index (χ3v) is 1.95. The van der Waals surface area contributed by atoms with Crippen LogP contribution in [0.4, 0.5) is 0 Å². The largest absolute Gasteiger partial charge is 0.376 e. The summed E-state index contributed by atoms with van der Waals surface area (Å²) in [5, 5.41) is 4.14. The van der Waals surface area contributed by atoms with Crippen LogP contribution in [0.3, 0.4) is 0 Å². The van der Waals surface area contributed by atoms with Crippen LogP contribution in [0.2, 0.25) is 0 Å². The Kier molecular flexibility index (Phi) is 2.56. The fraction of sp³-hybridized carbons (Fsp3) is 0. The Morgan fingerprint density at radius 1 is 1.73 bits per heavy atom. The average Bonchev–Trinajstić information content (AvgIpc) is 2.35. The molecule has 3 N–H and O–H groups in total. The third-order valence-electron chi connectivity index (χ3n) is 0.982. The van der Waals surface area contributed by atoms with E-state index < -0.39 is 0 Å². The lowest BCUT2D eigenvalue weighted by molar-refractivity contribution is 0.0981. The first-order chi connectivity index (χ1) is 5.20. The summed E-state index contributed by atoms with van der Waals surface area (Å²) in [5.41, 5.74) is 5.10. The molecule has 5 heteroatoms. The summed E-state index contributed by atoms with van der Waals surface area (Å²) in [6.45, 7) is 0. The van der Waals surface area contributed by atoms with Crippen LogP contribution in [0.1, 0.15) is 9.67 Å². The van der Waals surface area contributed by atoms with Crippen molar-refractivity contribution < 1.29 is 4.79 Å². The third kappa shape index (κ3) is 2.28. The van der Waals surface area contributed by atoms with E-state index in [1.807, 2.05) is 5.38 Å². The molecule has 1 aromatic heterocycles. The first-order valence-corrected chi connectivity index (χ1v) is 4.13. The summed E-state index contributed by atoms with van der Waals surface area (Å²) in [6.07, 6.45) is 0. The van der Waals surface area contributed by atoms with Crippen molar-refractivity contribution in [1.82, 2.24) is 5.32 Å². The molecule has 0 bridgehead atoms. The maximum absolute atomic E-state index is 11.0. The molecule has 1 aromatic rings. The number of hydrogen-bond donors (Lipinski definition) is 2. The van der Waals surface area contributed by atoms with Crippen molar-refractivity contribution in [2.75, 3.05) is 0 Å². The van der Waals surface area contributed by atoms with E-state index in [0.717, 1.165) is 0 Å². The second-order valence-corrected chi connectivity index (χ2v) is 3.18. The van der Waals surface area contributed by atoms with Gasteiger partial charge < -0.3 is 5.73 Å². The van der Waals surface area contributed by atoms with Crippen molar-refractivity contribution >= 4 is 34.6 Å². The van der Waals surface area contributed by atoms with E-state index in [-0.39, 0.29) is 11.0 Å². The van der Waals surface area contributed by atoms with Gasteiger partial charge in [0.25, 0.3) is 5.91 Å². The molecular formula is C6H6N2OS2. The smallest absolute Gasteiger partial charge is 0.267 e. The molecule has 1 amide bonds. The van der Waals surface area contributed by atoms with Gasteiger partial charge in [-0.05, 0) is 23.7 Å². The molecule has 0 atom stereocenters. The monoisotopic (exact) mass is 186 g/mol. The first kappa shape index (κ1) is 8.16. The Balaban J connectivity index is 2.64. The fourth-order valence-electron chi connectivity index (χ4n) is 0.581. The molecule has 58 valence electrons. The number of amides is 1. The molecular weight excluding hydrogens is 180 g/mol. The Morgan fingerprint density at radius 2 is 2.45 bits per heavy atom. The molecule has 0 aliphatic carbocycles. The van der Waals surface area contributed by atoms with Gasteiger partial charge in [0.15, 0.2) is 5.11 Å². The quantitative estimate of drug-likeness (QED) is 0.635. The van der Waals surface area contributed by atoms with Crippen molar-refractivity contribution in [2.24, 2.45) is 5.73 Å². The Morgan fingerprint density at radius 3 is 2.91 bits per heavy atom. The van der Waals surface area contributed by atoms with Gasteiger partial charge in [-0.2, -0.15) is 0 Å². The van der Waals surface area contributed by atoms with E-state index in [2.05, 4.69) is 17.5 Å². The maximum Gasteiger partial charge on any atom is 0.267 e. The SMILES string of the molecule is NC(=S)NC(=O)c1cccs1. The second kappa shape index (κ2) is 3.45. The number of hydrogen-bond acceptors (Lipinski definition) is 3. The van der Waals surface area contributed by atoms with Gasteiger partial charge in [0.05, 0.1) is 4.88 Å². The second-order valence-electron chi connectivity index (χ2n) is 1.80. The van der Waals surface area contributed by atoms with Crippen LogP contribution >= 0.6 is 23.6 Å². The van der Waals surface area contributed by atoms with E-state index in [9.17, 15) is 4.79 Å². The zero-order chi connectivity index (χ0) is 8.27. The van der Waals surface area contributed by atoms with E-state index in [1.54, 1.807) is 12.1 Å². The Bertz CT molecular complexity index is 268. The predicted octanol–water partition coefficient (Wildman–Crippen LogP) is 0.722. The lowest BCUT2D eigenvalue weighted by Gasteiger charge is -1.97. The minimum Gasteiger partial charge on any atom is -0.376 e. The van der Waals surface area contributed by atoms with Gasteiger partial charge in [-0.15, -0.1) is 11.3 Å². The number of carbonyl (C=O) groups is 1. The number of thiocarbonyl (C=S) groups is 1. The van der Waals surface area contributed by atoms with E-state index >= 15 is 0 Å². The molecule has 3 nitrogen and oxygen atoms in total. The Hall–Kier alpha value is -0.940. The lowest BCUT2D eigenvalue weighted by Crippen LogP contribution is -2.34. The molecule has 0 aliphatic rings. The zero-order valence-electron chi connectivity index (χ0n) is 5.53. The molecule has 1 rings (SSSR count). The van der Waals surface area contributed by atoms with Gasteiger partial charge >= 0.3 is 0 Å². The molecule has 0 fully saturated rings. The highest BCUT2D eigenvalue weighted by Crippen LogP contribution is 2.07. The first-order valence-electron chi connectivity index (χ1n) is 2.84. The molecule has 11 heavy (non-hydrogen) atoms. The summed E-state index contributed by atoms with van der Waals surface area (Å²) in [6, 6.07) is 3.50. The van der Waals surface area contributed by atoms with Crippen molar-refractivity contribution in [3.63, 3.8) is 0 Å². The standard InChI is InChI=1S/C6H6N2OS2/c7-6(10)8-5(9)4-2-1-3-11-4/h1-3H,(H3,7,8,9,10). The molecule has 1 heterocycles. The van der Waals surface area contributed by atoms with Crippen LogP contribution in [0.5, 0.6) is 0 Å². The summed E-state index contributed by atoms with van der Waals surface area (Å²) in [4.78, 5) is 11.7. The Labute approximate surface area is 73.2 Å². The molecule has 0 aliphatic heterocycles. The molecule has 0 radical (unpaired) electrons. The summed E-state index contributed by atoms with van der Waals surface area (Å²) in [7, 11) is 0. The predicted molar refractivity (Wildman–Crippen MR) is 48.6 cm³/mol. The topological polar surface area (TPSA) is 55.1 Å². The number of thiophene rings is 1. The van der Waals surface area contributed by atoms with E-state index in [4.69, 9.17) is 5.73 Å². The van der Waals surface area contributed by atoms with Crippen LogP contribution in [0.15, 0.2) is 17.5 Å². The van der Waals surface area contributed by atoms with Crippen LogP contribution in [-0.2, 0) is 0 Å². The van der Waals surface area contributed by atoms with E-state index in [1.165, 1.54) is 11.3 Å². The molecule has 0 saturated heterocycles. The molecule has 0 saturated carbocycles. The number of nitrogens with two attached hydrogens (primary N) is 1. The van der Waals surface area contributed by atoms with Crippen LogP contribution < -0.4 is 11.1 Å². The van der Waals surface area contributed by atoms with Crippen molar-refractivity contribution in [1.29, 1.82) is 0 Å². The summed E-state index contributed by atoms with van der Waals surface area (Å²) >= 11 is 5.84. The van der Waals surface area contributed by atoms with Crippen LogP contribution in [-0.4, -0.2) is 11.0 Å². The number of nitrogens with one attached hydrogen (secondary N) is 1. The van der Waals surface area contributed by atoms with Gasteiger partial charge in [-0.25, -0.2) is 0 Å². The highest BCUT2D eigenvalue weighted by Gasteiger charge is 2.05. The number of rotatable bonds is 1. The summed E-state index contributed by atoms with van der Waals surface area (Å²) < 4.78 is 0. The summed E-state index contributed by atoms with van der Waals surface area (Å²) in [5.74, 6) is -0.243. The van der Waals surface area contributed by atoms with Gasteiger partial charge in [-0.3, -0.25) is 10.1 Å². The highest BCUT2D eigenvalue weighted by atomic mass is 32.1. The van der Waals surface area contributed by atoms with Crippen LogP contribution in [0.25, 0.3) is 0 Å². The lowest BCUT2D eigenvalue weighted by atomic mass is 10.4. The molecule has 0 unspecified atom stereocenters. The van der Waals surface area contributed by atoms with Crippen LogP contribution in [0, 0.1) is 0 Å². The van der Waals surface area contributed by atoms with Gasteiger partial charge in [0.2, 0.25) is 0 Å². The van der Waals surface area contributed by atoms with E-state index in [0.29, 0.717) is 4.88 Å². The van der Waals surface area contributed by atoms with Crippen molar-refractivity contribution in [2.45, 2.75) is 0 Å². The maximum atomic E-state index is 11.0.